The van der Waals surface area contributed by atoms with Crippen LogP contribution in [-0.4, -0.2) is 16.2 Å². The van der Waals surface area contributed by atoms with Crippen molar-refractivity contribution in [1.82, 2.24) is 0 Å². The van der Waals surface area contributed by atoms with Gasteiger partial charge in [0, 0.05) is 0 Å². The Kier molecular flexibility index (Phi) is 22.0. The summed E-state index contributed by atoms with van der Waals surface area (Å²) in [6.45, 7) is 6.96. The molecular formula is C24H51BrSn. The molecule has 0 aromatic heterocycles. The predicted molar refractivity (Wildman–Crippen MR) is 129 cm³/mol. The minimum absolute atomic E-state index is 1.37. The Morgan fingerprint density at radius 2 is 0.615 bits per heavy atom. The fourth-order valence-electron chi connectivity index (χ4n) is 4.04. The van der Waals surface area contributed by atoms with E-state index in [2.05, 4.69) is 33.5 Å². The summed E-state index contributed by atoms with van der Waals surface area (Å²) in [6.07, 6.45) is 26.4. The summed E-state index contributed by atoms with van der Waals surface area (Å²) in [6, 6.07) is 0. The van der Waals surface area contributed by atoms with Crippen LogP contribution < -0.4 is 0 Å². The zero-order valence-corrected chi connectivity index (χ0v) is 23.2. The van der Waals surface area contributed by atoms with E-state index >= 15 is 0 Å². The van der Waals surface area contributed by atoms with Gasteiger partial charge < -0.3 is 0 Å². The maximum absolute atomic E-state index is 4.44. The Balaban J connectivity index is 4.02. The molecule has 0 saturated carbocycles. The SMILES string of the molecule is CCCCCCC[CH2][Sn]([Br])([CH2]CCCCCCC)[CH2]CCCCCCC. The first kappa shape index (κ1) is 27.3. The van der Waals surface area contributed by atoms with Gasteiger partial charge in [-0.25, -0.2) is 0 Å². The normalized spacial score (nSPS) is 12.0. The Labute approximate surface area is 177 Å². The third-order valence-corrected chi connectivity index (χ3v) is 24.6. The number of unbranched alkanes of at least 4 members (excludes halogenated alkanes) is 15. The van der Waals surface area contributed by atoms with Crippen molar-refractivity contribution in [3.8, 4) is 0 Å². The maximum atomic E-state index is 4.44. The van der Waals surface area contributed by atoms with Crippen molar-refractivity contribution >= 4 is 28.9 Å². The number of rotatable bonds is 21. The van der Waals surface area contributed by atoms with Gasteiger partial charge in [0.1, 0.15) is 0 Å². The summed E-state index contributed by atoms with van der Waals surface area (Å²) in [5.74, 6) is 0. The Morgan fingerprint density at radius 3 is 0.885 bits per heavy atom. The predicted octanol–water partition coefficient (Wildman–Crippen LogP) is 10.4. The standard InChI is InChI=1S/3C8H17.BrH.Sn/c3*1-3-5-7-8-6-4-2;;/h3*1,3-8H2,2H3;1H;/q;;;;+1/p-1. The third-order valence-electron chi connectivity index (χ3n) is 5.94. The summed E-state index contributed by atoms with van der Waals surface area (Å²) in [7, 11) is 0. The van der Waals surface area contributed by atoms with Gasteiger partial charge in [0.05, 0.1) is 0 Å². The summed E-state index contributed by atoms with van der Waals surface area (Å²) in [5.41, 5.74) is 0. The Hall–Kier alpha value is 1.28. The molecule has 0 radical (unpaired) electrons. The first-order valence-electron chi connectivity index (χ1n) is 12.4. The molecule has 2 heteroatoms. The number of hydrogen-bond donors (Lipinski definition) is 0. The van der Waals surface area contributed by atoms with E-state index in [0.29, 0.717) is 0 Å². The molecule has 0 nitrogen and oxygen atoms in total. The molecule has 0 bridgehead atoms. The van der Waals surface area contributed by atoms with Gasteiger partial charge in [0.25, 0.3) is 0 Å². The van der Waals surface area contributed by atoms with Gasteiger partial charge in [0.15, 0.2) is 0 Å². The Bertz CT molecular complexity index is 226. The average molecular weight is 538 g/mol. The molecule has 0 unspecified atom stereocenters. The molecule has 0 aliphatic carbocycles. The molecule has 0 N–H and O–H groups in total. The molecule has 0 aromatic rings. The molecule has 0 heterocycles. The van der Waals surface area contributed by atoms with Gasteiger partial charge in [-0.15, -0.1) is 0 Å². The second-order valence-electron chi connectivity index (χ2n) is 8.70. The van der Waals surface area contributed by atoms with E-state index in [4.69, 9.17) is 0 Å². The van der Waals surface area contributed by atoms with E-state index in [1.165, 1.54) is 116 Å². The van der Waals surface area contributed by atoms with Crippen LogP contribution in [-0.2, 0) is 0 Å². The minimum atomic E-state index is -1.96. The molecule has 0 amide bonds. The van der Waals surface area contributed by atoms with Gasteiger partial charge in [0.2, 0.25) is 0 Å². The quantitative estimate of drug-likeness (QED) is 0.101. The van der Waals surface area contributed by atoms with Crippen LogP contribution in [0, 0.1) is 0 Å². The van der Waals surface area contributed by atoms with Crippen LogP contribution in [0.3, 0.4) is 0 Å². The van der Waals surface area contributed by atoms with Crippen LogP contribution in [0.25, 0.3) is 0 Å². The summed E-state index contributed by atoms with van der Waals surface area (Å²) < 4.78 is 4.85. The summed E-state index contributed by atoms with van der Waals surface area (Å²) in [5, 5.41) is 0. The topological polar surface area (TPSA) is 0 Å². The molecule has 0 atom stereocenters. The van der Waals surface area contributed by atoms with Crippen molar-refractivity contribution in [2.45, 2.75) is 150 Å². The first-order chi connectivity index (χ1) is 12.7. The molecule has 0 rings (SSSR count). The van der Waals surface area contributed by atoms with Crippen molar-refractivity contribution < 1.29 is 0 Å². The van der Waals surface area contributed by atoms with Crippen LogP contribution in [0.5, 0.6) is 0 Å². The van der Waals surface area contributed by atoms with Crippen molar-refractivity contribution in [3.05, 3.63) is 0 Å². The van der Waals surface area contributed by atoms with E-state index in [1.54, 1.807) is 13.3 Å². The zero-order valence-electron chi connectivity index (χ0n) is 18.7. The van der Waals surface area contributed by atoms with Crippen molar-refractivity contribution in [2.24, 2.45) is 0 Å². The van der Waals surface area contributed by atoms with Gasteiger partial charge in [-0.1, -0.05) is 0 Å². The second-order valence-corrected chi connectivity index (χ2v) is 30.8. The van der Waals surface area contributed by atoms with Crippen LogP contribution in [0.4, 0.5) is 0 Å². The van der Waals surface area contributed by atoms with E-state index in [-0.39, 0.29) is 0 Å². The number of halogens is 1. The van der Waals surface area contributed by atoms with Crippen molar-refractivity contribution in [3.63, 3.8) is 0 Å². The van der Waals surface area contributed by atoms with Gasteiger partial charge in [-0.2, -0.15) is 0 Å². The van der Waals surface area contributed by atoms with Crippen molar-refractivity contribution in [1.29, 1.82) is 0 Å². The van der Waals surface area contributed by atoms with Gasteiger partial charge >= 0.3 is 179 Å². The zero-order chi connectivity index (χ0) is 19.3. The van der Waals surface area contributed by atoms with E-state index < -0.39 is 16.2 Å². The monoisotopic (exact) mass is 538 g/mol. The van der Waals surface area contributed by atoms with Gasteiger partial charge in [-0.3, -0.25) is 0 Å². The molecule has 0 saturated heterocycles. The van der Waals surface area contributed by atoms with Gasteiger partial charge in [-0.05, 0) is 0 Å². The van der Waals surface area contributed by atoms with Crippen molar-refractivity contribution in [2.75, 3.05) is 0 Å². The second kappa shape index (κ2) is 21.0. The average Bonchev–Trinajstić information content (AvgIpc) is 2.64. The van der Waals surface area contributed by atoms with E-state index in [9.17, 15) is 0 Å². The molecule has 0 aromatic carbocycles. The fourth-order valence-corrected chi connectivity index (χ4v) is 19.4. The molecule has 0 spiro atoms. The van der Waals surface area contributed by atoms with Crippen LogP contribution >= 0.6 is 12.7 Å². The van der Waals surface area contributed by atoms with Crippen LogP contribution in [0.2, 0.25) is 13.3 Å². The molecule has 0 fully saturated rings. The summed E-state index contributed by atoms with van der Waals surface area (Å²) >= 11 is 2.49. The molecule has 158 valence electrons. The molecular weight excluding hydrogens is 487 g/mol. The van der Waals surface area contributed by atoms with Crippen LogP contribution in [0.1, 0.15) is 136 Å². The molecule has 0 aliphatic rings. The summed E-state index contributed by atoms with van der Waals surface area (Å²) in [4.78, 5) is 0. The first-order valence-corrected chi connectivity index (χ1v) is 24.8. The van der Waals surface area contributed by atoms with E-state index in [1.807, 2.05) is 0 Å². The molecule has 0 aliphatic heterocycles. The number of hydrogen-bond acceptors (Lipinski definition) is 0. The third kappa shape index (κ3) is 18.6. The fraction of sp³-hybridized carbons (Fsp3) is 1.00. The van der Waals surface area contributed by atoms with Crippen LogP contribution in [0.15, 0.2) is 0 Å². The Morgan fingerprint density at radius 1 is 0.385 bits per heavy atom. The molecule has 26 heavy (non-hydrogen) atoms. The van der Waals surface area contributed by atoms with E-state index in [0.717, 1.165) is 0 Å².